The molecular formula is C16H21N3O2. The Morgan fingerprint density at radius 2 is 1.90 bits per heavy atom. The van der Waals surface area contributed by atoms with Crippen LogP contribution in [-0.4, -0.2) is 17.1 Å². The number of hydrogen-bond donors (Lipinski definition) is 1. The second-order valence-corrected chi connectivity index (χ2v) is 4.94. The third-order valence-corrected chi connectivity index (χ3v) is 3.38. The van der Waals surface area contributed by atoms with Crippen LogP contribution in [0.3, 0.4) is 0 Å². The molecule has 2 N–H and O–H groups in total. The van der Waals surface area contributed by atoms with E-state index >= 15 is 0 Å². The smallest absolute Gasteiger partial charge is 0.142 e. The summed E-state index contributed by atoms with van der Waals surface area (Å²) in [4.78, 5) is 8.80. The highest BCUT2D eigenvalue weighted by Gasteiger charge is 2.11. The zero-order valence-electron chi connectivity index (χ0n) is 12.9. The first-order valence-electron chi connectivity index (χ1n) is 6.85. The van der Waals surface area contributed by atoms with E-state index in [9.17, 15) is 0 Å². The minimum atomic E-state index is 0.348. The number of methoxy groups -OCH3 is 1. The van der Waals surface area contributed by atoms with E-state index in [1.807, 2.05) is 32.9 Å². The summed E-state index contributed by atoms with van der Waals surface area (Å²) in [5, 5.41) is 0. The summed E-state index contributed by atoms with van der Waals surface area (Å²) < 4.78 is 11.2. The Hall–Kier alpha value is -2.14. The van der Waals surface area contributed by atoms with Gasteiger partial charge in [0, 0.05) is 29.6 Å². The quantitative estimate of drug-likeness (QED) is 0.914. The highest BCUT2D eigenvalue weighted by molar-refractivity contribution is 5.41. The van der Waals surface area contributed by atoms with Gasteiger partial charge in [-0.05, 0) is 32.9 Å². The molecule has 0 aliphatic heterocycles. The fraction of sp³-hybridized carbons (Fsp3) is 0.375. The van der Waals surface area contributed by atoms with Crippen LogP contribution in [-0.2, 0) is 13.2 Å². The summed E-state index contributed by atoms with van der Waals surface area (Å²) in [7, 11) is 1.66. The Bertz CT molecular complexity index is 642. The molecule has 0 saturated heterocycles. The summed E-state index contributed by atoms with van der Waals surface area (Å²) >= 11 is 0. The molecule has 0 spiro atoms. The van der Waals surface area contributed by atoms with Crippen molar-refractivity contribution in [3.63, 3.8) is 0 Å². The van der Waals surface area contributed by atoms with Gasteiger partial charge in [0.2, 0.25) is 0 Å². The highest BCUT2D eigenvalue weighted by Crippen LogP contribution is 2.25. The van der Waals surface area contributed by atoms with Crippen molar-refractivity contribution < 1.29 is 9.47 Å². The van der Waals surface area contributed by atoms with Gasteiger partial charge in [0.25, 0.3) is 0 Å². The molecule has 0 saturated carbocycles. The molecule has 0 unspecified atom stereocenters. The van der Waals surface area contributed by atoms with E-state index in [1.54, 1.807) is 13.3 Å². The molecule has 2 heterocycles. The van der Waals surface area contributed by atoms with Crippen LogP contribution in [0, 0.1) is 20.8 Å². The van der Waals surface area contributed by atoms with Crippen molar-refractivity contribution >= 4 is 0 Å². The number of pyridine rings is 2. The van der Waals surface area contributed by atoms with Gasteiger partial charge in [0.1, 0.15) is 18.1 Å². The lowest BCUT2D eigenvalue weighted by atomic mass is 10.1. The zero-order chi connectivity index (χ0) is 15.4. The molecule has 0 aliphatic rings. The predicted octanol–water partition coefficient (Wildman–Crippen LogP) is 2.45. The Labute approximate surface area is 125 Å². The van der Waals surface area contributed by atoms with E-state index in [2.05, 4.69) is 9.97 Å². The summed E-state index contributed by atoms with van der Waals surface area (Å²) in [6.45, 7) is 6.59. The van der Waals surface area contributed by atoms with E-state index in [0.717, 1.165) is 34.0 Å². The molecule has 0 aromatic carbocycles. The molecule has 21 heavy (non-hydrogen) atoms. The van der Waals surface area contributed by atoms with Crippen LogP contribution in [0.4, 0.5) is 0 Å². The molecule has 0 amide bonds. The van der Waals surface area contributed by atoms with Gasteiger partial charge in [0.15, 0.2) is 0 Å². The first-order valence-corrected chi connectivity index (χ1v) is 6.85. The van der Waals surface area contributed by atoms with Crippen molar-refractivity contribution in [2.24, 2.45) is 5.73 Å². The van der Waals surface area contributed by atoms with Gasteiger partial charge in [0.05, 0.1) is 18.5 Å². The second kappa shape index (κ2) is 6.54. The van der Waals surface area contributed by atoms with Crippen molar-refractivity contribution in [2.45, 2.75) is 33.9 Å². The number of aromatic nitrogens is 2. The van der Waals surface area contributed by atoms with Crippen LogP contribution < -0.4 is 15.2 Å². The zero-order valence-corrected chi connectivity index (χ0v) is 12.9. The van der Waals surface area contributed by atoms with Gasteiger partial charge in [-0.15, -0.1) is 0 Å². The summed E-state index contributed by atoms with van der Waals surface area (Å²) in [5.74, 6) is 1.55. The average Bonchev–Trinajstić information content (AvgIpc) is 2.48. The van der Waals surface area contributed by atoms with Crippen LogP contribution in [0.15, 0.2) is 18.3 Å². The number of aryl methyl sites for hydroxylation is 2. The first-order chi connectivity index (χ1) is 10.1. The van der Waals surface area contributed by atoms with E-state index in [0.29, 0.717) is 18.9 Å². The Kier molecular flexibility index (Phi) is 4.75. The van der Waals surface area contributed by atoms with Crippen LogP contribution >= 0.6 is 0 Å². The van der Waals surface area contributed by atoms with E-state index in [1.165, 1.54) is 0 Å². The van der Waals surface area contributed by atoms with Gasteiger partial charge in [-0.25, -0.2) is 0 Å². The molecule has 2 rings (SSSR count). The van der Waals surface area contributed by atoms with Crippen molar-refractivity contribution in [1.82, 2.24) is 9.97 Å². The summed E-state index contributed by atoms with van der Waals surface area (Å²) in [6, 6.07) is 3.80. The topological polar surface area (TPSA) is 70.3 Å². The third-order valence-electron chi connectivity index (χ3n) is 3.38. The molecule has 2 aromatic heterocycles. The number of ether oxygens (including phenoxy) is 2. The Morgan fingerprint density at radius 3 is 2.57 bits per heavy atom. The molecule has 0 aliphatic carbocycles. The highest BCUT2D eigenvalue weighted by atomic mass is 16.5. The molecule has 112 valence electrons. The van der Waals surface area contributed by atoms with Gasteiger partial charge in [-0.3, -0.25) is 9.97 Å². The monoisotopic (exact) mass is 287 g/mol. The van der Waals surface area contributed by atoms with Crippen LogP contribution in [0.1, 0.15) is 28.2 Å². The van der Waals surface area contributed by atoms with Crippen LogP contribution in [0.5, 0.6) is 11.5 Å². The number of rotatable bonds is 5. The largest absolute Gasteiger partial charge is 0.496 e. The molecular weight excluding hydrogens is 266 g/mol. The summed E-state index contributed by atoms with van der Waals surface area (Å²) in [6.07, 6.45) is 1.79. The Balaban J connectivity index is 2.21. The molecule has 0 fully saturated rings. The van der Waals surface area contributed by atoms with E-state index < -0.39 is 0 Å². The third kappa shape index (κ3) is 3.31. The summed E-state index contributed by atoms with van der Waals surface area (Å²) in [5.41, 5.74) is 10.2. The van der Waals surface area contributed by atoms with Crippen molar-refractivity contribution in [1.29, 1.82) is 0 Å². The molecule has 5 heteroatoms. The fourth-order valence-electron chi connectivity index (χ4n) is 2.24. The van der Waals surface area contributed by atoms with Crippen molar-refractivity contribution in [3.8, 4) is 11.5 Å². The van der Waals surface area contributed by atoms with E-state index in [4.69, 9.17) is 15.2 Å². The standard InChI is InChI=1S/C16H21N3O2/c1-10-8-18-14(12(3)16(10)20-4)9-21-15-6-5-11(2)19-13(15)7-17/h5-6,8H,7,9,17H2,1-4H3. The van der Waals surface area contributed by atoms with Gasteiger partial charge in [-0.1, -0.05) is 0 Å². The minimum absolute atomic E-state index is 0.348. The van der Waals surface area contributed by atoms with E-state index in [-0.39, 0.29) is 0 Å². The minimum Gasteiger partial charge on any atom is -0.496 e. The van der Waals surface area contributed by atoms with Gasteiger partial charge >= 0.3 is 0 Å². The lowest BCUT2D eigenvalue weighted by molar-refractivity contribution is 0.294. The maximum Gasteiger partial charge on any atom is 0.142 e. The first kappa shape index (κ1) is 15.3. The fourth-order valence-corrected chi connectivity index (χ4v) is 2.24. The number of nitrogens with two attached hydrogens (primary N) is 1. The molecule has 0 bridgehead atoms. The maximum atomic E-state index is 5.83. The molecule has 0 radical (unpaired) electrons. The molecule has 5 nitrogen and oxygen atoms in total. The molecule has 2 aromatic rings. The Morgan fingerprint density at radius 1 is 1.14 bits per heavy atom. The lowest BCUT2D eigenvalue weighted by Crippen LogP contribution is -2.08. The molecule has 0 atom stereocenters. The van der Waals surface area contributed by atoms with Crippen LogP contribution in [0.25, 0.3) is 0 Å². The number of nitrogens with zero attached hydrogens (tertiary/aromatic N) is 2. The number of hydrogen-bond acceptors (Lipinski definition) is 5. The lowest BCUT2D eigenvalue weighted by Gasteiger charge is -2.14. The maximum absolute atomic E-state index is 5.83. The second-order valence-electron chi connectivity index (χ2n) is 4.94. The van der Waals surface area contributed by atoms with Gasteiger partial charge < -0.3 is 15.2 Å². The van der Waals surface area contributed by atoms with Crippen molar-refractivity contribution in [2.75, 3.05) is 7.11 Å². The van der Waals surface area contributed by atoms with Gasteiger partial charge in [-0.2, -0.15) is 0 Å². The average molecular weight is 287 g/mol. The predicted molar refractivity (Wildman–Crippen MR) is 81.5 cm³/mol. The van der Waals surface area contributed by atoms with Crippen LogP contribution in [0.2, 0.25) is 0 Å². The SMILES string of the molecule is COc1c(C)cnc(COc2ccc(C)nc2CN)c1C. The van der Waals surface area contributed by atoms with Crippen molar-refractivity contribution in [3.05, 3.63) is 46.5 Å². The normalized spacial score (nSPS) is 10.5.